The Morgan fingerprint density at radius 2 is 2.00 bits per heavy atom. The lowest BCUT2D eigenvalue weighted by Crippen LogP contribution is -2.33. The number of carbonyl (C=O) groups excluding carboxylic acids is 1. The Morgan fingerprint density at radius 1 is 1.32 bits per heavy atom. The van der Waals surface area contributed by atoms with Crippen LogP contribution in [0.1, 0.15) is 49.8 Å². The number of aryl methyl sites for hydroxylation is 1. The van der Waals surface area contributed by atoms with Crippen LogP contribution >= 0.6 is 0 Å². The van der Waals surface area contributed by atoms with E-state index in [4.69, 9.17) is 14.9 Å². The predicted molar refractivity (Wildman–Crippen MR) is 76.4 cm³/mol. The van der Waals surface area contributed by atoms with Crippen molar-refractivity contribution in [3.05, 3.63) is 11.4 Å². The van der Waals surface area contributed by atoms with Crippen LogP contribution in [0, 0.1) is 0 Å². The summed E-state index contributed by atoms with van der Waals surface area (Å²) in [5, 5.41) is 27.8. The zero-order valence-electron chi connectivity index (χ0n) is 13.0. The number of aliphatic hydroxyl groups is 1. The number of nitrogens with one attached hydrogen (secondary N) is 1. The molecule has 9 nitrogen and oxygen atoms in total. The smallest absolute Gasteiger partial charge is 0.407 e. The number of alkyl carbamates (subject to hydrolysis) is 1. The number of amides is 1. The van der Waals surface area contributed by atoms with Gasteiger partial charge >= 0.3 is 12.1 Å². The summed E-state index contributed by atoms with van der Waals surface area (Å²) in [6.45, 7) is 5.60. The standard InChI is InChI=1S/C13H22N4O5/c1-13(2,3)22-12(21)14-8-9-10(11(19)20)15-16-17(9)6-4-5-7-18/h18H,4-8H2,1-3H3,(H,14,21)(H,19,20). The van der Waals surface area contributed by atoms with Crippen molar-refractivity contribution in [2.75, 3.05) is 6.61 Å². The second-order valence-electron chi connectivity index (χ2n) is 5.70. The number of unbranched alkanes of at least 4 members (excludes halogenated alkanes) is 1. The van der Waals surface area contributed by atoms with Gasteiger partial charge in [0.05, 0.1) is 12.2 Å². The molecule has 1 aromatic rings. The van der Waals surface area contributed by atoms with Crippen LogP contribution in [0.25, 0.3) is 0 Å². The summed E-state index contributed by atoms with van der Waals surface area (Å²) in [7, 11) is 0. The fourth-order valence-corrected chi connectivity index (χ4v) is 1.70. The van der Waals surface area contributed by atoms with E-state index in [9.17, 15) is 9.59 Å². The first-order valence-corrected chi connectivity index (χ1v) is 6.98. The molecule has 0 aliphatic rings. The molecule has 1 amide bonds. The third-order valence-electron chi connectivity index (χ3n) is 2.62. The molecule has 0 aliphatic carbocycles. The fourth-order valence-electron chi connectivity index (χ4n) is 1.70. The molecule has 0 radical (unpaired) electrons. The van der Waals surface area contributed by atoms with Gasteiger partial charge < -0.3 is 20.3 Å². The Morgan fingerprint density at radius 3 is 2.55 bits per heavy atom. The van der Waals surface area contributed by atoms with E-state index >= 15 is 0 Å². The number of carbonyl (C=O) groups is 2. The van der Waals surface area contributed by atoms with E-state index in [0.29, 0.717) is 19.4 Å². The third kappa shape index (κ3) is 5.68. The molecule has 0 fully saturated rings. The van der Waals surface area contributed by atoms with Gasteiger partial charge in [-0.15, -0.1) is 5.10 Å². The average Bonchev–Trinajstić information content (AvgIpc) is 2.78. The maximum absolute atomic E-state index is 11.6. The maximum Gasteiger partial charge on any atom is 0.407 e. The molecule has 0 aromatic carbocycles. The minimum absolute atomic E-state index is 0.0476. The number of carboxylic acids is 1. The van der Waals surface area contributed by atoms with Crippen molar-refractivity contribution >= 4 is 12.1 Å². The SMILES string of the molecule is CC(C)(C)OC(=O)NCc1c(C(=O)O)nnn1CCCCO. The molecule has 0 atom stereocenters. The van der Waals surface area contributed by atoms with Gasteiger partial charge in [0.25, 0.3) is 0 Å². The lowest BCUT2D eigenvalue weighted by atomic mass is 10.2. The van der Waals surface area contributed by atoms with E-state index in [2.05, 4.69) is 15.6 Å². The zero-order valence-corrected chi connectivity index (χ0v) is 13.0. The van der Waals surface area contributed by atoms with Crippen LogP contribution in [0.15, 0.2) is 0 Å². The van der Waals surface area contributed by atoms with Gasteiger partial charge in [0.1, 0.15) is 5.60 Å². The first-order chi connectivity index (χ1) is 10.2. The molecule has 0 aliphatic heterocycles. The molecule has 0 spiro atoms. The number of rotatable bonds is 7. The van der Waals surface area contributed by atoms with Crippen molar-refractivity contribution in [3.63, 3.8) is 0 Å². The van der Waals surface area contributed by atoms with Crippen LogP contribution in [0.3, 0.4) is 0 Å². The third-order valence-corrected chi connectivity index (χ3v) is 2.62. The quantitative estimate of drug-likeness (QED) is 0.634. The fraction of sp³-hybridized carbons (Fsp3) is 0.692. The van der Waals surface area contributed by atoms with Crippen LogP contribution in [0.2, 0.25) is 0 Å². The maximum atomic E-state index is 11.6. The molecule has 3 N–H and O–H groups in total. The number of nitrogens with zero attached hydrogens (tertiary/aromatic N) is 3. The number of aromatic nitrogens is 3. The van der Waals surface area contributed by atoms with Gasteiger partial charge in [-0.3, -0.25) is 0 Å². The van der Waals surface area contributed by atoms with Gasteiger partial charge in [-0.1, -0.05) is 5.21 Å². The van der Waals surface area contributed by atoms with Crippen molar-refractivity contribution in [1.29, 1.82) is 0 Å². The molecular weight excluding hydrogens is 292 g/mol. The molecular formula is C13H22N4O5. The van der Waals surface area contributed by atoms with Crippen LogP contribution in [-0.2, 0) is 17.8 Å². The first kappa shape index (κ1) is 17.9. The summed E-state index contributed by atoms with van der Waals surface area (Å²) < 4.78 is 6.51. The van der Waals surface area contributed by atoms with E-state index in [1.165, 1.54) is 4.68 Å². The van der Waals surface area contributed by atoms with E-state index in [1.54, 1.807) is 20.8 Å². The number of aromatic carboxylic acids is 1. The minimum Gasteiger partial charge on any atom is -0.476 e. The molecule has 1 aromatic heterocycles. The zero-order chi connectivity index (χ0) is 16.8. The lowest BCUT2D eigenvalue weighted by molar-refractivity contribution is 0.0519. The van der Waals surface area contributed by atoms with E-state index in [-0.39, 0.29) is 24.5 Å². The summed E-state index contributed by atoms with van der Waals surface area (Å²) >= 11 is 0. The average molecular weight is 314 g/mol. The van der Waals surface area contributed by atoms with Gasteiger partial charge in [-0.25, -0.2) is 14.3 Å². The van der Waals surface area contributed by atoms with Crippen molar-refractivity contribution < 1.29 is 24.5 Å². The predicted octanol–water partition coefficient (Wildman–Crippen LogP) is 0.773. The van der Waals surface area contributed by atoms with Crippen molar-refractivity contribution in [2.24, 2.45) is 0 Å². The van der Waals surface area contributed by atoms with Crippen molar-refractivity contribution in [3.8, 4) is 0 Å². The molecule has 22 heavy (non-hydrogen) atoms. The highest BCUT2D eigenvalue weighted by molar-refractivity contribution is 5.86. The molecule has 0 bridgehead atoms. The molecule has 1 heterocycles. The van der Waals surface area contributed by atoms with E-state index in [0.717, 1.165) is 0 Å². The first-order valence-electron chi connectivity index (χ1n) is 6.98. The number of hydrogen-bond acceptors (Lipinski definition) is 6. The Hall–Kier alpha value is -2.16. The summed E-state index contributed by atoms with van der Waals surface area (Å²) in [6.07, 6.45) is 0.548. The molecule has 0 saturated heterocycles. The highest BCUT2D eigenvalue weighted by Gasteiger charge is 2.21. The van der Waals surface area contributed by atoms with Gasteiger partial charge in [-0.2, -0.15) is 0 Å². The van der Waals surface area contributed by atoms with E-state index < -0.39 is 17.7 Å². The van der Waals surface area contributed by atoms with E-state index in [1.807, 2.05) is 0 Å². The molecule has 124 valence electrons. The molecule has 1 rings (SSSR count). The van der Waals surface area contributed by atoms with Gasteiger partial charge in [0, 0.05) is 13.2 Å². The Kier molecular flexibility index (Phi) is 6.29. The summed E-state index contributed by atoms with van der Waals surface area (Å²) in [4.78, 5) is 22.8. The second-order valence-corrected chi connectivity index (χ2v) is 5.70. The summed E-state index contributed by atoms with van der Waals surface area (Å²) in [6, 6.07) is 0. The van der Waals surface area contributed by atoms with Gasteiger partial charge in [0.2, 0.25) is 0 Å². The lowest BCUT2D eigenvalue weighted by Gasteiger charge is -2.19. The van der Waals surface area contributed by atoms with Crippen LogP contribution < -0.4 is 5.32 Å². The Labute approximate surface area is 128 Å². The normalized spacial score (nSPS) is 11.3. The molecule has 0 saturated carbocycles. The highest BCUT2D eigenvalue weighted by atomic mass is 16.6. The Bertz CT molecular complexity index is 521. The second kappa shape index (κ2) is 7.74. The van der Waals surface area contributed by atoms with Gasteiger partial charge in [-0.05, 0) is 33.6 Å². The van der Waals surface area contributed by atoms with Crippen LogP contribution in [0.4, 0.5) is 4.79 Å². The Balaban J connectivity index is 2.75. The number of ether oxygens (including phenoxy) is 1. The number of hydrogen-bond donors (Lipinski definition) is 3. The van der Waals surface area contributed by atoms with Gasteiger partial charge in [0.15, 0.2) is 5.69 Å². The topological polar surface area (TPSA) is 127 Å². The van der Waals surface area contributed by atoms with Crippen LogP contribution in [-0.4, -0.2) is 49.5 Å². The van der Waals surface area contributed by atoms with Crippen molar-refractivity contribution in [2.45, 2.75) is 52.3 Å². The largest absolute Gasteiger partial charge is 0.476 e. The minimum atomic E-state index is -1.21. The summed E-state index contributed by atoms with van der Waals surface area (Å²) in [5.74, 6) is -1.21. The highest BCUT2D eigenvalue weighted by Crippen LogP contribution is 2.09. The number of carboxylic acid groups (broad SMARTS) is 1. The summed E-state index contributed by atoms with van der Waals surface area (Å²) in [5.41, 5.74) is -0.560. The molecule has 0 unspecified atom stereocenters. The van der Waals surface area contributed by atoms with Crippen molar-refractivity contribution in [1.82, 2.24) is 20.3 Å². The number of aliphatic hydroxyl groups excluding tert-OH is 1. The molecule has 9 heteroatoms. The monoisotopic (exact) mass is 314 g/mol. The van der Waals surface area contributed by atoms with Crippen LogP contribution in [0.5, 0.6) is 0 Å².